The Bertz CT molecular complexity index is 647. The van der Waals surface area contributed by atoms with Crippen LogP contribution in [-0.2, 0) is 4.79 Å². The van der Waals surface area contributed by atoms with Crippen molar-refractivity contribution in [3.8, 4) is 0 Å². The molecule has 0 bridgehead atoms. The van der Waals surface area contributed by atoms with Crippen molar-refractivity contribution in [2.24, 2.45) is 5.10 Å². The minimum atomic E-state index is -0.152. The molecule has 1 atom stereocenters. The molecule has 1 aliphatic rings. The number of furan rings is 1. The molecule has 0 spiro atoms. The maximum Gasteiger partial charge on any atom is 0.240 e. The third-order valence-corrected chi connectivity index (χ3v) is 3.81. The van der Waals surface area contributed by atoms with Gasteiger partial charge in [-0.2, -0.15) is 5.10 Å². The average Bonchev–Trinajstić information content (AvgIpc) is 3.08. The maximum atomic E-state index is 11.8. The highest BCUT2D eigenvalue weighted by molar-refractivity contribution is 9.10. The summed E-state index contributed by atoms with van der Waals surface area (Å²) < 4.78 is 6.45. The van der Waals surface area contributed by atoms with Gasteiger partial charge in [0.05, 0.1) is 12.0 Å². The van der Waals surface area contributed by atoms with Gasteiger partial charge in [0.25, 0.3) is 0 Å². The van der Waals surface area contributed by atoms with E-state index in [2.05, 4.69) is 21.0 Å². The Balaban J connectivity index is 1.92. The molecule has 1 aromatic heterocycles. The second-order valence-electron chi connectivity index (χ2n) is 4.65. The van der Waals surface area contributed by atoms with Crippen molar-refractivity contribution in [1.82, 2.24) is 5.01 Å². The fourth-order valence-corrected chi connectivity index (χ4v) is 2.58. The summed E-state index contributed by atoms with van der Waals surface area (Å²) in [5, 5.41) is 5.95. The van der Waals surface area contributed by atoms with Gasteiger partial charge in [-0.1, -0.05) is 28.1 Å². The lowest BCUT2D eigenvalue weighted by atomic mass is 10.0. The lowest BCUT2D eigenvalue weighted by Gasteiger charge is -2.17. The normalized spacial score (nSPS) is 18.2. The molecule has 1 amide bonds. The topological polar surface area (TPSA) is 45.8 Å². The molecule has 4 nitrogen and oxygen atoms in total. The van der Waals surface area contributed by atoms with E-state index in [4.69, 9.17) is 4.42 Å². The zero-order valence-corrected chi connectivity index (χ0v) is 12.5. The Kier molecular flexibility index (Phi) is 3.44. The third-order valence-electron chi connectivity index (χ3n) is 3.28. The SMILES string of the molecule is CC(=O)N1N=C(c2ccc(Br)cc2)C[C@H]1c1ccco1. The zero-order valence-electron chi connectivity index (χ0n) is 10.9. The summed E-state index contributed by atoms with van der Waals surface area (Å²) in [6.07, 6.45) is 2.28. The lowest BCUT2D eigenvalue weighted by Crippen LogP contribution is -2.23. The summed E-state index contributed by atoms with van der Waals surface area (Å²) in [7, 11) is 0. The number of halogens is 1. The quantitative estimate of drug-likeness (QED) is 0.840. The first-order valence-electron chi connectivity index (χ1n) is 6.32. The number of carbonyl (C=O) groups excluding carboxylic acids is 1. The van der Waals surface area contributed by atoms with Crippen LogP contribution >= 0.6 is 15.9 Å². The Morgan fingerprint density at radius 2 is 2.10 bits per heavy atom. The molecular weight excluding hydrogens is 320 g/mol. The number of benzene rings is 1. The number of carbonyl (C=O) groups is 1. The standard InChI is InChI=1S/C15H13BrN2O2/c1-10(19)18-14(15-3-2-8-20-15)9-13(17-18)11-4-6-12(16)7-5-11/h2-8,14H,9H2,1H3/t14-/m0/s1. The van der Waals surface area contributed by atoms with Crippen LogP contribution in [-0.4, -0.2) is 16.6 Å². The molecule has 0 radical (unpaired) electrons. The molecule has 3 rings (SSSR count). The summed E-state index contributed by atoms with van der Waals surface area (Å²) >= 11 is 3.41. The fourth-order valence-electron chi connectivity index (χ4n) is 2.32. The highest BCUT2D eigenvalue weighted by Gasteiger charge is 2.33. The van der Waals surface area contributed by atoms with E-state index < -0.39 is 0 Å². The average molecular weight is 333 g/mol. The van der Waals surface area contributed by atoms with Gasteiger partial charge in [0.2, 0.25) is 5.91 Å². The van der Waals surface area contributed by atoms with Gasteiger partial charge in [-0.25, -0.2) is 5.01 Å². The van der Waals surface area contributed by atoms with Crippen molar-refractivity contribution in [3.63, 3.8) is 0 Å². The third kappa shape index (κ3) is 2.41. The van der Waals surface area contributed by atoms with E-state index in [0.29, 0.717) is 6.42 Å². The lowest BCUT2D eigenvalue weighted by molar-refractivity contribution is -0.130. The van der Waals surface area contributed by atoms with E-state index in [1.54, 1.807) is 6.26 Å². The van der Waals surface area contributed by atoms with Gasteiger partial charge in [0.1, 0.15) is 11.8 Å². The number of hydrogen-bond acceptors (Lipinski definition) is 3. The molecule has 1 aliphatic heterocycles. The fraction of sp³-hybridized carbons (Fsp3) is 0.200. The van der Waals surface area contributed by atoms with Gasteiger partial charge < -0.3 is 4.42 Å². The Morgan fingerprint density at radius 1 is 1.35 bits per heavy atom. The first-order valence-corrected chi connectivity index (χ1v) is 7.11. The predicted molar refractivity (Wildman–Crippen MR) is 79.3 cm³/mol. The molecule has 0 saturated heterocycles. The summed E-state index contributed by atoms with van der Waals surface area (Å²) in [6, 6.07) is 11.5. The van der Waals surface area contributed by atoms with Gasteiger partial charge in [-0.05, 0) is 29.8 Å². The largest absolute Gasteiger partial charge is 0.467 e. The van der Waals surface area contributed by atoms with Crippen LogP contribution in [0.2, 0.25) is 0 Å². The number of hydrogen-bond donors (Lipinski definition) is 0. The van der Waals surface area contributed by atoms with Gasteiger partial charge in [0.15, 0.2) is 0 Å². The van der Waals surface area contributed by atoms with Crippen LogP contribution in [0.3, 0.4) is 0 Å². The number of rotatable bonds is 2. The van der Waals surface area contributed by atoms with Crippen LogP contribution in [0.4, 0.5) is 0 Å². The first-order chi connectivity index (χ1) is 9.65. The highest BCUT2D eigenvalue weighted by Crippen LogP contribution is 2.33. The van der Waals surface area contributed by atoms with Gasteiger partial charge >= 0.3 is 0 Å². The van der Waals surface area contributed by atoms with Gasteiger partial charge in [0, 0.05) is 17.8 Å². The summed E-state index contributed by atoms with van der Waals surface area (Å²) in [5.41, 5.74) is 1.92. The van der Waals surface area contributed by atoms with Crippen LogP contribution in [0.25, 0.3) is 0 Å². The molecule has 2 heterocycles. The summed E-state index contributed by atoms with van der Waals surface area (Å²) in [4.78, 5) is 11.8. The molecule has 5 heteroatoms. The second kappa shape index (κ2) is 5.25. The maximum absolute atomic E-state index is 11.8. The summed E-state index contributed by atoms with van der Waals surface area (Å²) in [6.45, 7) is 1.52. The smallest absolute Gasteiger partial charge is 0.240 e. The van der Waals surface area contributed by atoms with E-state index in [1.807, 2.05) is 36.4 Å². The molecule has 0 saturated carbocycles. The van der Waals surface area contributed by atoms with Gasteiger partial charge in [-0.3, -0.25) is 4.79 Å². The molecule has 0 fully saturated rings. The molecule has 0 N–H and O–H groups in total. The van der Waals surface area contributed by atoms with Crippen LogP contribution < -0.4 is 0 Å². The van der Waals surface area contributed by atoms with Crippen molar-refractivity contribution in [3.05, 3.63) is 58.5 Å². The molecule has 1 aromatic carbocycles. The van der Waals surface area contributed by atoms with E-state index >= 15 is 0 Å². The Labute approximate surface area is 125 Å². The molecule has 20 heavy (non-hydrogen) atoms. The van der Waals surface area contributed by atoms with E-state index in [-0.39, 0.29) is 11.9 Å². The predicted octanol–water partition coefficient (Wildman–Crippen LogP) is 3.74. The number of hydrazone groups is 1. The molecular formula is C15H13BrN2O2. The van der Waals surface area contributed by atoms with Crippen molar-refractivity contribution < 1.29 is 9.21 Å². The number of nitrogens with zero attached hydrogens (tertiary/aromatic N) is 2. The van der Waals surface area contributed by atoms with Gasteiger partial charge in [-0.15, -0.1) is 0 Å². The van der Waals surface area contributed by atoms with Crippen LogP contribution in [0.5, 0.6) is 0 Å². The molecule has 0 unspecified atom stereocenters. The van der Waals surface area contributed by atoms with Crippen molar-refractivity contribution in [1.29, 1.82) is 0 Å². The summed E-state index contributed by atoms with van der Waals surface area (Å²) in [5.74, 6) is 0.676. The first kappa shape index (κ1) is 13.1. The van der Waals surface area contributed by atoms with E-state index in [1.165, 1.54) is 11.9 Å². The minimum Gasteiger partial charge on any atom is -0.467 e. The van der Waals surface area contributed by atoms with Crippen LogP contribution in [0, 0.1) is 0 Å². The molecule has 102 valence electrons. The Morgan fingerprint density at radius 3 is 2.70 bits per heavy atom. The van der Waals surface area contributed by atoms with E-state index in [0.717, 1.165) is 21.5 Å². The van der Waals surface area contributed by atoms with Crippen molar-refractivity contribution in [2.75, 3.05) is 0 Å². The van der Waals surface area contributed by atoms with Crippen LogP contribution in [0.15, 0.2) is 56.7 Å². The second-order valence-corrected chi connectivity index (χ2v) is 5.57. The highest BCUT2D eigenvalue weighted by atomic mass is 79.9. The van der Waals surface area contributed by atoms with Crippen molar-refractivity contribution in [2.45, 2.75) is 19.4 Å². The monoisotopic (exact) mass is 332 g/mol. The van der Waals surface area contributed by atoms with Crippen molar-refractivity contribution >= 4 is 27.5 Å². The Hall–Kier alpha value is -1.88. The number of amides is 1. The molecule has 0 aliphatic carbocycles. The zero-order chi connectivity index (χ0) is 14.1. The minimum absolute atomic E-state index is 0.0847. The molecule has 2 aromatic rings. The van der Waals surface area contributed by atoms with Crippen LogP contribution in [0.1, 0.15) is 30.7 Å². The van der Waals surface area contributed by atoms with E-state index in [9.17, 15) is 4.79 Å².